The number of hydrogen-bond donors (Lipinski definition) is 3. The Hall–Kier alpha value is -2.63. The van der Waals surface area contributed by atoms with Crippen LogP contribution in [0.1, 0.15) is 16.1 Å². The maximum absolute atomic E-state index is 10.9. The van der Waals surface area contributed by atoms with Crippen molar-refractivity contribution in [3.05, 3.63) is 41.9 Å². The van der Waals surface area contributed by atoms with Gasteiger partial charge < -0.3 is 16.2 Å². The van der Waals surface area contributed by atoms with Crippen molar-refractivity contribution in [3.63, 3.8) is 0 Å². The van der Waals surface area contributed by atoms with Crippen molar-refractivity contribution in [2.24, 2.45) is 0 Å². The average Bonchev–Trinajstić information content (AvgIpc) is 2.34. The van der Waals surface area contributed by atoms with Crippen LogP contribution in [0.3, 0.4) is 0 Å². The fraction of sp³-hybridized carbons (Fsp3) is 0.0833. The summed E-state index contributed by atoms with van der Waals surface area (Å²) in [5, 5.41) is 11.9. The van der Waals surface area contributed by atoms with Gasteiger partial charge in [-0.25, -0.2) is 9.78 Å². The van der Waals surface area contributed by atoms with Gasteiger partial charge in [0.25, 0.3) is 0 Å². The molecule has 0 aromatic carbocycles. The smallest absolute Gasteiger partial charge is 0.337 e. The maximum Gasteiger partial charge on any atom is 0.337 e. The molecule has 0 saturated heterocycles. The number of carboxylic acid groups (broad SMARTS) is 1. The van der Waals surface area contributed by atoms with E-state index in [1.54, 1.807) is 12.3 Å². The molecular formula is C12H12N4O2. The molecule has 0 aliphatic carbocycles. The quantitative estimate of drug-likeness (QED) is 0.761. The molecule has 0 aliphatic heterocycles. The van der Waals surface area contributed by atoms with Crippen LogP contribution < -0.4 is 11.1 Å². The first kappa shape index (κ1) is 11.8. The highest BCUT2D eigenvalue weighted by molar-refractivity contribution is 5.96. The highest BCUT2D eigenvalue weighted by Crippen LogP contribution is 2.24. The van der Waals surface area contributed by atoms with E-state index in [0.717, 1.165) is 11.4 Å². The van der Waals surface area contributed by atoms with Gasteiger partial charge in [-0.05, 0) is 25.1 Å². The molecule has 2 heterocycles. The maximum atomic E-state index is 10.9. The monoisotopic (exact) mass is 244 g/mol. The highest BCUT2D eigenvalue weighted by atomic mass is 16.4. The van der Waals surface area contributed by atoms with Gasteiger partial charge >= 0.3 is 5.97 Å². The molecule has 0 saturated carbocycles. The minimum atomic E-state index is -1.08. The van der Waals surface area contributed by atoms with Crippen molar-refractivity contribution in [3.8, 4) is 0 Å². The summed E-state index contributed by atoms with van der Waals surface area (Å²) in [5.74, 6) is -0.771. The number of rotatable bonds is 3. The standard InChI is InChI=1S/C12H12N4O2/c1-7-9(3-2-5-14-7)16-11-10(13)8(12(17)18)4-6-15-11/h2-6H,13H2,1H3,(H,15,16)(H,17,18). The molecule has 0 fully saturated rings. The van der Waals surface area contributed by atoms with Gasteiger partial charge in [-0.2, -0.15) is 0 Å². The Labute approximate surface area is 104 Å². The van der Waals surface area contributed by atoms with Crippen LogP contribution in [0.25, 0.3) is 0 Å². The van der Waals surface area contributed by atoms with Gasteiger partial charge in [0.1, 0.15) is 0 Å². The molecule has 92 valence electrons. The lowest BCUT2D eigenvalue weighted by Crippen LogP contribution is -2.07. The summed E-state index contributed by atoms with van der Waals surface area (Å²) in [7, 11) is 0. The van der Waals surface area contributed by atoms with E-state index in [0.29, 0.717) is 5.82 Å². The van der Waals surface area contributed by atoms with E-state index >= 15 is 0 Å². The van der Waals surface area contributed by atoms with Crippen molar-refractivity contribution >= 4 is 23.2 Å². The fourth-order valence-electron chi connectivity index (χ4n) is 1.50. The van der Waals surface area contributed by atoms with Crippen molar-refractivity contribution < 1.29 is 9.90 Å². The van der Waals surface area contributed by atoms with E-state index in [-0.39, 0.29) is 11.3 Å². The SMILES string of the molecule is Cc1ncccc1Nc1nccc(C(=O)O)c1N. The lowest BCUT2D eigenvalue weighted by molar-refractivity contribution is 0.0698. The number of nitrogen functional groups attached to an aromatic ring is 1. The number of carbonyl (C=O) groups is 1. The molecule has 6 heteroatoms. The number of nitrogens with one attached hydrogen (secondary N) is 1. The van der Waals surface area contributed by atoms with Gasteiger partial charge in [0.05, 0.1) is 22.6 Å². The van der Waals surface area contributed by atoms with Gasteiger partial charge in [0, 0.05) is 12.4 Å². The van der Waals surface area contributed by atoms with Crippen molar-refractivity contribution in [1.82, 2.24) is 9.97 Å². The third-order valence-corrected chi connectivity index (χ3v) is 2.48. The first-order valence-corrected chi connectivity index (χ1v) is 5.26. The minimum Gasteiger partial charge on any atom is -0.478 e. The summed E-state index contributed by atoms with van der Waals surface area (Å²) >= 11 is 0. The predicted octanol–water partition coefficient (Wildman–Crippen LogP) is 1.81. The second kappa shape index (κ2) is 4.70. The molecule has 6 nitrogen and oxygen atoms in total. The van der Waals surface area contributed by atoms with Gasteiger partial charge in [0.2, 0.25) is 0 Å². The van der Waals surface area contributed by atoms with Gasteiger partial charge in [-0.1, -0.05) is 0 Å². The third-order valence-electron chi connectivity index (χ3n) is 2.48. The van der Waals surface area contributed by atoms with Crippen LogP contribution in [-0.2, 0) is 0 Å². The first-order valence-electron chi connectivity index (χ1n) is 5.26. The molecule has 2 aromatic rings. The van der Waals surface area contributed by atoms with Crippen LogP contribution in [0.2, 0.25) is 0 Å². The Kier molecular flexibility index (Phi) is 3.09. The van der Waals surface area contributed by atoms with Gasteiger partial charge in [-0.3, -0.25) is 4.98 Å². The number of aromatic nitrogens is 2. The molecule has 0 spiro atoms. The Balaban J connectivity index is 2.39. The summed E-state index contributed by atoms with van der Waals surface area (Å²) < 4.78 is 0. The van der Waals surface area contributed by atoms with Crippen molar-refractivity contribution in [2.75, 3.05) is 11.1 Å². The number of aryl methyl sites for hydroxylation is 1. The van der Waals surface area contributed by atoms with Crippen molar-refractivity contribution in [1.29, 1.82) is 0 Å². The number of carboxylic acids is 1. The van der Waals surface area contributed by atoms with E-state index in [9.17, 15) is 4.79 Å². The molecule has 2 aromatic heterocycles. The molecule has 0 atom stereocenters. The Morgan fingerprint density at radius 3 is 2.78 bits per heavy atom. The number of pyridine rings is 2. The van der Waals surface area contributed by atoms with Crippen LogP contribution in [0, 0.1) is 6.92 Å². The van der Waals surface area contributed by atoms with E-state index in [1.807, 2.05) is 13.0 Å². The molecule has 0 aliphatic rings. The number of nitrogens with zero attached hydrogens (tertiary/aromatic N) is 2. The lowest BCUT2D eigenvalue weighted by Gasteiger charge is -2.11. The van der Waals surface area contributed by atoms with E-state index in [2.05, 4.69) is 15.3 Å². The third kappa shape index (κ3) is 2.22. The van der Waals surface area contributed by atoms with Gasteiger partial charge in [0.15, 0.2) is 5.82 Å². The second-order valence-corrected chi connectivity index (χ2v) is 3.69. The molecule has 0 unspecified atom stereocenters. The molecule has 0 radical (unpaired) electrons. The normalized spacial score (nSPS) is 10.1. The van der Waals surface area contributed by atoms with Crippen LogP contribution in [0.15, 0.2) is 30.6 Å². The second-order valence-electron chi connectivity index (χ2n) is 3.69. The van der Waals surface area contributed by atoms with Crippen LogP contribution in [0.5, 0.6) is 0 Å². The Morgan fingerprint density at radius 2 is 2.11 bits per heavy atom. The van der Waals surface area contributed by atoms with Crippen LogP contribution in [-0.4, -0.2) is 21.0 Å². The summed E-state index contributed by atoms with van der Waals surface area (Å²) in [5.41, 5.74) is 7.40. The van der Waals surface area contributed by atoms with Gasteiger partial charge in [-0.15, -0.1) is 0 Å². The molecule has 0 amide bonds. The first-order chi connectivity index (χ1) is 8.59. The number of hydrogen-bond acceptors (Lipinski definition) is 5. The van der Waals surface area contributed by atoms with E-state index in [4.69, 9.17) is 10.8 Å². The molecule has 0 bridgehead atoms. The zero-order valence-electron chi connectivity index (χ0n) is 9.71. The highest BCUT2D eigenvalue weighted by Gasteiger charge is 2.12. The summed E-state index contributed by atoms with van der Waals surface area (Å²) in [4.78, 5) is 19.1. The molecular weight excluding hydrogens is 232 g/mol. The molecule has 4 N–H and O–H groups in total. The van der Waals surface area contributed by atoms with Crippen molar-refractivity contribution in [2.45, 2.75) is 6.92 Å². The molecule has 2 rings (SSSR count). The lowest BCUT2D eigenvalue weighted by atomic mass is 10.2. The zero-order chi connectivity index (χ0) is 13.1. The summed E-state index contributed by atoms with van der Waals surface area (Å²) in [6.07, 6.45) is 3.07. The number of nitrogens with two attached hydrogens (primary N) is 1. The van der Waals surface area contributed by atoms with Crippen LogP contribution in [0.4, 0.5) is 17.2 Å². The predicted molar refractivity (Wildman–Crippen MR) is 67.9 cm³/mol. The number of anilines is 3. The Morgan fingerprint density at radius 1 is 1.33 bits per heavy atom. The molecule has 18 heavy (non-hydrogen) atoms. The fourth-order valence-corrected chi connectivity index (χ4v) is 1.50. The topological polar surface area (TPSA) is 101 Å². The van der Waals surface area contributed by atoms with E-state index in [1.165, 1.54) is 12.3 Å². The van der Waals surface area contributed by atoms with E-state index < -0.39 is 5.97 Å². The summed E-state index contributed by atoms with van der Waals surface area (Å²) in [6.45, 7) is 1.83. The zero-order valence-corrected chi connectivity index (χ0v) is 9.71. The largest absolute Gasteiger partial charge is 0.478 e. The van der Waals surface area contributed by atoms with Crippen LogP contribution >= 0.6 is 0 Å². The Bertz CT molecular complexity index is 598. The minimum absolute atomic E-state index is 0.0223. The summed E-state index contributed by atoms with van der Waals surface area (Å²) in [6, 6.07) is 4.95. The number of aromatic carboxylic acids is 1. The average molecular weight is 244 g/mol.